The number of nitrogens with zero attached hydrogens (tertiary/aromatic N) is 1. The van der Waals surface area contributed by atoms with Crippen molar-refractivity contribution in [3.05, 3.63) is 53.2 Å². The highest BCUT2D eigenvalue weighted by Gasteiger charge is 2.08. The largest absolute Gasteiger partial charge is 0.481 e. The van der Waals surface area contributed by atoms with Crippen molar-refractivity contribution in [2.45, 2.75) is 19.8 Å². The van der Waals surface area contributed by atoms with Gasteiger partial charge in [0.25, 0.3) is 0 Å². The molecule has 0 saturated heterocycles. The first-order valence-electron chi connectivity index (χ1n) is 5.34. The number of oxazole rings is 1. The summed E-state index contributed by atoms with van der Waals surface area (Å²) in [6.45, 7) is 2.03. The summed E-state index contributed by atoms with van der Waals surface area (Å²) in [5, 5.41) is 8.61. The molecule has 17 heavy (non-hydrogen) atoms. The molecule has 0 radical (unpaired) electrons. The molecule has 0 spiro atoms. The topological polar surface area (TPSA) is 63.3 Å². The van der Waals surface area contributed by atoms with Gasteiger partial charge in [-0.1, -0.05) is 29.8 Å². The molecule has 0 aliphatic carbocycles. The maximum absolute atomic E-state index is 10.5. The Morgan fingerprint density at radius 1 is 1.35 bits per heavy atom. The van der Waals surface area contributed by atoms with Crippen LogP contribution >= 0.6 is 0 Å². The number of hydrogen-bond acceptors (Lipinski definition) is 3. The van der Waals surface area contributed by atoms with Gasteiger partial charge in [0.2, 0.25) is 0 Å². The Morgan fingerprint density at radius 3 is 2.71 bits per heavy atom. The summed E-state index contributed by atoms with van der Waals surface area (Å²) in [6, 6.07) is 8.07. The Morgan fingerprint density at radius 2 is 2.06 bits per heavy atom. The van der Waals surface area contributed by atoms with Gasteiger partial charge in [0.05, 0.1) is 12.1 Å². The molecule has 0 fully saturated rings. The number of carbonyl (C=O) groups is 1. The molecule has 0 aliphatic heterocycles. The van der Waals surface area contributed by atoms with Crippen molar-refractivity contribution < 1.29 is 14.3 Å². The predicted molar refractivity (Wildman–Crippen MR) is 61.8 cm³/mol. The average molecular weight is 231 g/mol. The highest BCUT2D eigenvalue weighted by atomic mass is 16.4. The minimum atomic E-state index is -0.903. The first-order chi connectivity index (χ1) is 8.13. The van der Waals surface area contributed by atoms with E-state index in [-0.39, 0.29) is 6.42 Å². The third-order valence-electron chi connectivity index (χ3n) is 2.41. The molecule has 1 aromatic heterocycles. The van der Waals surface area contributed by atoms with E-state index >= 15 is 0 Å². The van der Waals surface area contributed by atoms with Gasteiger partial charge in [-0.25, -0.2) is 4.98 Å². The number of aryl methyl sites for hydroxylation is 1. The number of benzene rings is 1. The van der Waals surface area contributed by atoms with Crippen LogP contribution in [-0.2, 0) is 17.6 Å². The lowest BCUT2D eigenvalue weighted by Gasteiger charge is -1.97. The van der Waals surface area contributed by atoms with Crippen LogP contribution in [-0.4, -0.2) is 16.1 Å². The van der Waals surface area contributed by atoms with Gasteiger partial charge in [0, 0.05) is 6.42 Å². The second-order valence-electron chi connectivity index (χ2n) is 3.97. The van der Waals surface area contributed by atoms with Gasteiger partial charge in [0.1, 0.15) is 6.26 Å². The van der Waals surface area contributed by atoms with Crippen LogP contribution in [0.5, 0.6) is 0 Å². The maximum Gasteiger partial charge on any atom is 0.309 e. The first kappa shape index (κ1) is 11.4. The number of rotatable bonds is 4. The van der Waals surface area contributed by atoms with E-state index in [1.54, 1.807) is 0 Å². The Hall–Kier alpha value is -2.10. The number of aromatic nitrogens is 1. The molecular formula is C13H13NO3. The molecule has 0 aliphatic rings. The zero-order chi connectivity index (χ0) is 12.3. The Kier molecular flexibility index (Phi) is 3.23. The SMILES string of the molecule is Cc1ccc(Cc2nc(CC(=O)O)co2)cc1. The quantitative estimate of drug-likeness (QED) is 0.876. The fourth-order valence-electron chi connectivity index (χ4n) is 1.55. The molecule has 4 nitrogen and oxygen atoms in total. The van der Waals surface area contributed by atoms with Crippen LogP contribution in [0.3, 0.4) is 0 Å². The fraction of sp³-hybridized carbons (Fsp3) is 0.231. The molecule has 0 saturated carbocycles. The van der Waals surface area contributed by atoms with Crippen LogP contribution in [0.2, 0.25) is 0 Å². The zero-order valence-corrected chi connectivity index (χ0v) is 9.51. The summed E-state index contributed by atoms with van der Waals surface area (Å²) in [4.78, 5) is 14.6. The van der Waals surface area contributed by atoms with E-state index < -0.39 is 5.97 Å². The Bertz CT molecular complexity index is 514. The second-order valence-corrected chi connectivity index (χ2v) is 3.97. The Labute approximate surface area is 98.9 Å². The van der Waals surface area contributed by atoms with Crippen molar-refractivity contribution in [1.29, 1.82) is 0 Å². The molecule has 2 aromatic rings. The minimum absolute atomic E-state index is 0.0998. The van der Waals surface area contributed by atoms with Gasteiger partial charge in [-0.3, -0.25) is 4.79 Å². The van der Waals surface area contributed by atoms with Gasteiger partial charge in [-0.15, -0.1) is 0 Å². The summed E-state index contributed by atoms with van der Waals surface area (Å²) in [5.41, 5.74) is 2.76. The van der Waals surface area contributed by atoms with Gasteiger partial charge < -0.3 is 9.52 Å². The number of hydrogen-bond donors (Lipinski definition) is 1. The van der Waals surface area contributed by atoms with Crippen LogP contribution in [0, 0.1) is 6.92 Å². The lowest BCUT2D eigenvalue weighted by atomic mass is 10.1. The van der Waals surface area contributed by atoms with E-state index in [1.807, 2.05) is 31.2 Å². The van der Waals surface area contributed by atoms with Crippen molar-refractivity contribution in [2.75, 3.05) is 0 Å². The van der Waals surface area contributed by atoms with Gasteiger partial charge >= 0.3 is 5.97 Å². The van der Waals surface area contributed by atoms with Gasteiger partial charge in [-0.05, 0) is 12.5 Å². The molecular weight excluding hydrogens is 218 g/mol. The van der Waals surface area contributed by atoms with Crippen molar-refractivity contribution in [3.63, 3.8) is 0 Å². The lowest BCUT2D eigenvalue weighted by molar-refractivity contribution is -0.136. The number of carboxylic acid groups (broad SMARTS) is 1. The van der Waals surface area contributed by atoms with Gasteiger partial charge in [0.15, 0.2) is 5.89 Å². The number of carboxylic acids is 1. The van der Waals surface area contributed by atoms with E-state index in [2.05, 4.69) is 4.98 Å². The molecule has 0 unspecified atom stereocenters. The summed E-state index contributed by atoms with van der Waals surface area (Å²) >= 11 is 0. The number of aliphatic carboxylic acids is 1. The second kappa shape index (κ2) is 4.82. The molecule has 1 heterocycles. The van der Waals surface area contributed by atoms with Crippen LogP contribution in [0.25, 0.3) is 0 Å². The fourth-order valence-corrected chi connectivity index (χ4v) is 1.55. The third-order valence-corrected chi connectivity index (χ3v) is 2.41. The highest BCUT2D eigenvalue weighted by molar-refractivity contribution is 5.69. The standard InChI is InChI=1S/C13H13NO3/c1-9-2-4-10(5-3-9)6-12-14-11(8-17-12)7-13(15)16/h2-5,8H,6-7H2,1H3,(H,15,16). The van der Waals surface area contributed by atoms with Crippen LogP contribution in [0.4, 0.5) is 0 Å². The normalized spacial score (nSPS) is 10.4. The Balaban J connectivity index is 2.06. The van der Waals surface area contributed by atoms with Crippen molar-refractivity contribution >= 4 is 5.97 Å². The van der Waals surface area contributed by atoms with E-state index in [0.29, 0.717) is 18.0 Å². The average Bonchev–Trinajstić information content (AvgIpc) is 2.68. The third kappa shape index (κ3) is 3.17. The molecule has 0 atom stereocenters. The van der Waals surface area contributed by atoms with E-state index in [9.17, 15) is 4.79 Å². The predicted octanol–water partition coefficient (Wildman–Crippen LogP) is 2.20. The molecule has 4 heteroatoms. The molecule has 1 aromatic carbocycles. The van der Waals surface area contributed by atoms with E-state index in [4.69, 9.17) is 9.52 Å². The highest BCUT2D eigenvalue weighted by Crippen LogP contribution is 2.11. The molecule has 2 rings (SSSR count). The molecule has 0 amide bonds. The lowest BCUT2D eigenvalue weighted by Crippen LogP contribution is -2.00. The van der Waals surface area contributed by atoms with Crippen LogP contribution in [0.15, 0.2) is 34.9 Å². The monoisotopic (exact) mass is 231 g/mol. The summed E-state index contributed by atoms with van der Waals surface area (Å²) < 4.78 is 5.23. The van der Waals surface area contributed by atoms with Gasteiger partial charge in [-0.2, -0.15) is 0 Å². The first-order valence-corrected chi connectivity index (χ1v) is 5.34. The zero-order valence-electron chi connectivity index (χ0n) is 9.51. The van der Waals surface area contributed by atoms with Crippen LogP contribution in [0.1, 0.15) is 22.7 Å². The van der Waals surface area contributed by atoms with Crippen molar-refractivity contribution in [2.24, 2.45) is 0 Å². The van der Waals surface area contributed by atoms with Crippen LogP contribution < -0.4 is 0 Å². The summed E-state index contributed by atoms with van der Waals surface area (Å²) in [5.74, 6) is -0.356. The molecule has 88 valence electrons. The van der Waals surface area contributed by atoms with Crippen molar-refractivity contribution in [1.82, 2.24) is 4.98 Å². The minimum Gasteiger partial charge on any atom is -0.481 e. The van der Waals surface area contributed by atoms with Crippen molar-refractivity contribution in [3.8, 4) is 0 Å². The van der Waals surface area contributed by atoms with E-state index in [0.717, 1.165) is 5.56 Å². The molecule has 0 bridgehead atoms. The summed E-state index contributed by atoms with van der Waals surface area (Å²) in [6.07, 6.45) is 1.88. The summed E-state index contributed by atoms with van der Waals surface area (Å²) in [7, 11) is 0. The maximum atomic E-state index is 10.5. The molecule has 1 N–H and O–H groups in total. The van der Waals surface area contributed by atoms with E-state index in [1.165, 1.54) is 11.8 Å². The smallest absolute Gasteiger partial charge is 0.309 e.